The van der Waals surface area contributed by atoms with Gasteiger partial charge in [-0.05, 0) is 18.3 Å². The molecule has 1 N–H and O–H groups in total. The van der Waals surface area contributed by atoms with E-state index in [4.69, 9.17) is 0 Å². The van der Waals surface area contributed by atoms with Crippen LogP contribution in [0.3, 0.4) is 0 Å². The molecule has 1 heterocycles. The summed E-state index contributed by atoms with van der Waals surface area (Å²) in [4.78, 5) is 0. The van der Waals surface area contributed by atoms with Crippen molar-refractivity contribution in [1.82, 2.24) is 5.32 Å². The zero-order valence-corrected chi connectivity index (χ0v) is 11.9. The van der Waals surface area contributed by atoms with E-state index >= 15 is 0 Å². The molecule has 94 valence electrons. The predicted octanol–water partition coefficient (Wildman–Crippen LogP) is 4.62. The number of nitrogens with one attached hydrogen (secondary N) is 1. The van der Waals surface area contributed by atoms with Crippen molar-refractivity contribution in [1.29, 1.82) is 0 Å². The lowest BCUT2D eigenvalue weighted by atomic mass is 9.70. The van der Waals surface area contributed by atoms with Gasteiger partial charge in [-0.3, -0.25) is 0 Å². The molecule has 0 aromatic rings. The number of hydrogen-bond acceptors (Lipinski definition) is 1. The van der Waals surface area contributed by atoms with Crippen LogP contribution in [0.1, 0.15) is 73.6 Å². The van der Waals surface area contributed by atoms with Crippen molar-refractivity contribution in [2.75, 3.05) is 13.1 Å². The topological polar surface area (TPSA) is 12.0 Å². The lowest BCUT2D eigenvalue weighted by molar-refractivity contribution is 0.107. The van der Waals surface area contributed by atoms with Crippen LogP contribution in [0.4, 0.5) is 0 Å². The molecule has 2 rings (SSSR count). The second-order valence-electron chi connectivity index (χ2n) is 3.66. The molecule has 1 heteroatoms. The molecule has 2 fully saturated rings. The normalized spacial score (nSPS) is 20.4. The highest BCUT2D eigenvalue weighted by molar-refractivity contribution is 4.93. The molecule has 0 bridgehead atoms. The monoisotopic (exact) mass is 215 g/mol. The van der Waals surface area contributed by atoms with Crippen LogP contribution >= 0.6 is 0 Å². The Labute approximate surface area is 98.0 Å². The van der Waals surface area contributed by atoms with E-state index in [0.717, 1.165) is 5.41 Å². The van der Waals surface area contributed by atoms with E-state index in [-0.39, 0.29) is 0 Å². The summed E-state index contributed by atoms with van der Waals surface area (Å²) in [5.41, 5.74) is 0.790. The molecule has 0 aromatic carbocycles. The minimum absolute atomic E-state index is 0.790. The van der Waals surface area contributed by atoms with Crippen LogP contribution in [0, 0.1) is 5.41 Å². The van der Waals surface area contributed by atoms with Crippen LogP contribution < -0.4 is 5.32 Å². The first-order valence-electron chi connectivity index (χ1n) is 7.12. The molecular formula is C14H33N. The Bertz CT molecular complexity index is 97.9. The summed E-state index contributed by atoms with van der Waals surface area (Å²) in [6.07, 6.45) is 7.46. The molecule has 0 aromatic heterocycles. The van der Waals surface area contributed by atoms with Crippen LogP contribution in [0.5, 0.6) is 0 Å². The second-order valence-corrected chi connectivity index (χ2v) is 3.66. The molecule has 1 aliphatic heterocycles. The third-order valence-electron chi connectivity index (χ3n) is 2.91. The Morgan fingerprint density at radius 2 is 1.07 bits per heavy atom. The van der Waals surface area contributed by atoms with Crippen molar-refractivity contribution in [2.45, 2.75) is 73.6 Å². The molecule has 1 saturated carbocycles. The molecule has 0 unspecified atom stereocenters. The maximum atomic E-state index is 3.37. The zero-order valence-electron chi connectivity index (χ0n) is 11.9. The number of hydrogen-bond donors (Lipinski definition) is 1. The van der Waals surface area contributed by atoms with Gasteiger partial charge in [0.25, 0.3) is 0 Å². The maximum absolute atomic E-state index is 3.37. The van der Waals surface area contributed by atoms with Gasteiger partial charge < -0.3 is 5.32 Å². The fourth-order valence-corrected chi connectivity index (χ4v) is 2.13. The van der Waals surface area contributed by atoms with Crippen molar-refractivity contribution >= 4 is 0 Å². The second kappa shape index (κ2) is 12.0. The SMILES string of the molecule is C1CCC2(CC1)CNC2.CC.CC.CC. The van der Waals surface area contributed by atoms with Crippen molar-refractivity contribution < 1.29 is 0 Å². The Balaban J connectivity index is 0. The van der Waals surface area contributed by atoms with Crippen molar-refractivity contribution in [2.24, 2.45) is 5.41 Å². The molecule has 0 atom stereocenters. The lowest BCUT2D eigenvalue weighted by Crippen LogP contribution is -2.54. The molecule has 1 spiro atoms. The van der Waals surface area contributed by atoms with E-state index in [9.17, 15) is 0 Å². The van der Waals surface area contributed by atoms with Crippen LogP contribution in [-0.2, 0) is 0 Å². The van der Waals surface area contributed by atoms with E-state index < -0.39 is 0 Å². The predicted molar refractivity (Wildman–Crippen MR) is 72.4 cm³/mol. The molecule has 0 radical (unpaired) electrons. The van der Waals surface area contributed by atoms with Crippen LogP contribution in [0.2, 0.25) is 0 Å². The molecular weight excluding hydrogens is 182 g/mol. The van der Waals surface area contributed by atoms with Crippen LogP contribution in [0.25, 0.3) is 0 Å². The highest BCUT2D eigenvalue weighted by Crippen LogP contribution is 2.38. The van der Waals surface area contributed by atoms with E-state index in [1.165, 1.54) is 45.2 Å². The summed E-state index contributed by atoms with van der Waals surface area (Å²) in [6, 6.07) is 0. The van der Waals surface area contributed by atoms with Gasteiger partial charge in [0.05, 0.1) is 0 Å². The average Bonchev–Trinajstić information content (AvgIpc) is 2.36. The standard InChI is InChI=1S/C8H15N.3C2H6/c1-2-4-8(5-3-1)6-9-7-8;3*1-2/h9H,1-7H2;3*1-2H3. The Kier molecular flexibility index (Phi) is 13.9. The van der Waals surface area contributed by atoms with Gasteiger partial charge in [-0.15, -0.1) is 0 Å². The van der Waals surface area contributed by atoms with Gasteiger partial charge in [-0.25, -0.2) is 0 Å². The number of rotatable bonds is 0. The molecule has 1 saturated heterocycles. The summed E-state index contributed by atoms with van der Waals surface area (Å²) in [5.74, 6) is 0. The van der Waals surface area contributed by atoms with Crippen molar-refractivity contribution in [3.63, 3.8) is 0 Å². The van der Waals surface area contributed by atoms with Crippen LogP contribution in [-0.4, -0.2) is 13.1 Å². The Hall–Kier alpha value is -0.0400. The summed E-state index contributed by atoms with van der Waals surface area (Å²) in [5, 5.41) is 3.37. The van der Waals surface area contributed by atoms with E-state index in [1.54, 1.807) is 0 Å². The summed E-state index contributed by atoms with van der Waals surface area (Å²) < 4.78 is 0. The van der Waals surface area contributed by atoms with Gasteiger partial charge >= 0.3 is 0 Å². The average molecular weight is 215 g/mol. The molecule has 15 heavy (non-hydrogen) atoms. The largest absolute Gasteiger partial charge is 0.316 e. The molecule has 1 aliphatic carbocycles. The highest BCUT2D eigenvalue weighted by atomic mass is 15.0. The van der Waals surface area contributed by atoms with Crippen molar-refractivity contribution in [3.05, 3.63) is 0 Å². The summed E-state index contributed by atoms with van der Waals surface area (Å²) in [6.45, 7) is 14.6. The summed E-state index contributed by atoms with van der Waals surface area (Å²) in [7, 11) is 0. The Morgan fingerprint density at radius 3 is 1.27 bits per heavy atom. The third-order valence-corrected chi connectivity index (χ3v) is 2.91. The van der Waals surface area contributed by atoms with E-state index in [0.29, 0.717) is 0 Å². The molecule has 1 nitrogen and oxygen atoms in total. The third kappa shape index (κ3) is 6.19. The van der Waals surface area contributed by atoms with Gasteiger partial charge in [0.1, 0.15) is 0 Å². The van der Waals surface area contributed by atoms with Gasteiger partial charge in [0, 0.05) is 13.1 Å². The minimum atomic E-state index is 0.790. The van der Waals surface area contributed by atoms with Crippen molar-refractivity contribution in [3.8, 4) is 0 Å². The minimum Gasteiger partial charge on any atom is -0.316 e. The van der Waals surface area contributed by atoms with Gasteiger partial charge in [0.15, 0.2) is 0 Å². The lowest BCUT2D eigenvalue weighted by Gasteiger charge is -2.45. The first-order chi connectivity index (χ1) is 7.41. The first kappa shape index (κ1) is 17.4. The first-order valence-corrected chi connectivity index (χ1v) is 7.12. The smallest absolute Gasteiger partial charge is 0.00202 e. The van der Waals surface area contributed by atoms with Gasteiger partial charge in [0.2, 0.25) is 0 Å². The van der Waals surface area contributed by atoms with E-state index in [2.05, 4.69) is 5.32 Å². The van der Waals surface area contributed by atoms with Gasteiger partial charge in [-0.2, -0.15) is 0 Å². The Morgan fingerprint density at radius 1 is 0.667 bits per heavy atom. The summed E-state index contributed by atoms with van der Waals surface area (Å²) >= 11 is 0. The van der Waals surface area contributed by atoms with Gasteiger partial charge in [-0.1, -0.05) is 60.8 Å². The maximum Gasteiger partial charge on any atom is 0.00202 e. The highest BCUT2D eigenvalue weighted by Gasteiger charge is 2.37. The zero-order chi connectivity index (χ0) is 12.2. The fraction of sp³-hybridized carbons (Fsp3) is 1.00. The fourth-order valence-electron chi connectivity index (χ4n) is 2.13. The van der Waals surface area contributed by atoms with E-state index in [1.807, 2.05) is 41.5 Å². The quantitative estimate of drug-likeness (QED) is 0.622. The molecule has 0 amide bonds. The molecule has 2 aliphatic rings. The van der Waals surface area contributed by atoms with Crippen LogP contribution in [0.15, 0.2) is 0 Å².